The minimum Gasteiger partial charge on any atom is -0.469 e. The Morgan fingerprint density at radius 2 is 2.08 bits per heavy atom. The summed E-state index contributed by atoms with van der Waals surface area (Å²) in [5, 5.41) is 5.35. The van der Waals surface area contributed by atoms with E-state index in [9.17, 15) is 9.59 Å². The number of hydrogen-bond donors (Lipinski definition) is 2. The molecular weight excluding hydrogens is 160 g/mol. The highest BCUT2D eigenvalue weighted by Crippen LogP contribution is 1.84. The first-order chi connectivity index (χ1) is 5.60. The van der Waals surface area contributed by atoms with Crippen LogP contribution in [0, 0.1) is 0 Å². The SMILES string of the molecule is CNC(C)NC(=O)CC(=O)OC. The van der Waals surface area contributed by atoms with E-state index in [0.29, 0.717) is 0 Å². The number of nitrogens with one attached hydrogen (secondary N) is 2. The van der Waals surface area contributed by atoms with E-state index in [2.05, 4.69) is 15.4 Å². The van der Waals surface area contributed by atoms with Gasteiger partial charge in [-0.2, -0.15) is 0 Å². The van der Waals surface area contributed by atoms with Crippen molar-refractivity contribution < 1.29 is 14.3 Å². The lowest BCUT2D eigenvalue weighted by Crippen LogP contribution is -2.41. The molecule has 0 bridgehead atoms. The van der Waals surface area contributed by atoms with Gasteiger partial charge in [0, 0.05) is 0 Å². The van der Waals surface area contributed by atoms with Gasteiger partial charge >= 0.3 is 5.97 Å². The van der Waals surface area contributed by atoms with Crippen molar-refractivity contribution in [2.24, 2.45) is 0 Å². The van der Waals surface area contributed by atoms with Crippen LogP contribution in [0.25, 0.3) is 0 Å². The van der Waals surface area contributed by atoms with E-state index in [1.807, 2.05) is 0 Å². The molecule has 0 heterocycles. The van der Waals surface area contributed by atoms with Crippen LogP contribution in [-0.2, 0) is 14.3 Å². The van der Waals surface area contributed by atoms with Crippen molar-refractivity contribution in [2.75, 3.05) is 14.2 Å². The third kappa shape index (κ3) is 4.68. The minimum absolute atomic E-state index is 0.137. The standard InChI is InChI=1S/C7H14N2O3/c1-5(8-2)9-6(10)4-7(11)12-3/h5,8H,4H2,1-3H3,(H,9,10). The lowest BCUT2D eigenvalue weighted by atomic mass is 10.4. The van der Waals surface area contributed by atoms with Crippen molar-refractivity contribution in [1.82, 2.24) is 10.6 Å². The Hall–Kier alpha value is -1.10. The zero-order valence-electron chi connectivity index (χ0n) is 7.51. The summed E-state index contributed by atoms with van der Waals surface area (Å²) in [5.74, 6) is -0.875. The Morgan fingerprint density at radius 1 is 1.50 bits per heavy atom. The number of esters is 1. The molecule has 1 unspecified atom stereocenters. The fourth-order valence-corrected chi connectivity index (χ4v) is 0.568. The molecular formula is C7H14N2O3. The molecule has 0 saturated carbocycles. The molecule has 0 radical (unpaired) electrons. The molecule has 70 valence electrons. The van der Waals surface area contributed by atoms with Gasteiger partial charge in [0.15, 0.2) is 0 Å². The number of ether oxygens (including phenoxy) is 1. The molecule has 0 aliphatic rings. The molecule has 0 rings (SSSR count). The molecule has 0 fully saturated rings. The first-order valence-corrected chi connectivity index (χ1v) is 3.63. The molecule has 1 atom stereocenters. The van der Waals surface area contributed by atoms with E-state index in [1.54, 1.807) is 14.0 Å². The number of carbonyl (C=O) groups is 2. The van der Waals surface area contributed by atoms with Crippen LogP contribution >= 0.6 is 0 Å². The van der Waals surface area contributed by atoms with Gasteiger partial charge in [0.25, 0.3) is 0 Å². The number of rotatable bonds is 4. The first kappa shape index (κ1) is 10.9. The summed E-state index contributed by atoms with van der Waals surface area (Å²) in [6, 6.07) is 0. The monoisotopic (exact) mass is 174 g/mol. The molecule has 0 aliphatic carbocycles. The lowest BCUT2D eigenvalue weighted by Gasteiger charge is -2.11. The van der Waals surface area contributed by atoms with E-state index < -0.39 is 5.97 Å². The smallest absolute Gasteiger partial charge is 0.315 e. The van der Waals surface area contributed by atoms with Crippen LogP contribution in [0.15, 0.2) is 0 Å². The topological polar surface area (TPSA) is 67.4 Å². The van der Waals surface area contributed by atoms with E-state index in [-0.39, 0.29) is 18.5 Å². The summed E-state index contributed by atoms with van der Waals surface area (Å²) in [7, 11) is 2.96. The van der Waals surface area contributed by atoms with Crippen molar-refractivity contribution in [1.29, 1.82) is 0 Å². The van der Waals surface area contributed by atoms with E-state index >= 15 is 0 Å². The largest absolute Gasteiger partial charge is 0.469 e. The van der Waals surface area contributed by atoms with Crippen LogP contribution in [-0.4, -0.2) is 32.2 Å². The predicted molar refractivity (Wildman–Crippen MR) is 43.3 cm³/mol. The molecule has 0 saturated heterocycles. The molecule has 0 aromatic carbocycles. The van der Waals surface area contributed by atoms with Crippen molar-refractivity contribution >= 4 is 11.9 Å². The van der Waals surface area contributed by atoms with Crippen molar-refractivity contribution in [3.8, 4) is 0 Å². The Morgan fingerprint density at radius 3 is 2.50 bits per heavy atom. The van der Waals surface area contributed by atoms with Crippen LogP contribution in [0.4, 0.5) is 0 Å². The van der Waals surface area contributed by atoms with Gasteiger partial charge < -0.3 is 15.4 Å². The summed E-state index contributed by atoms with van der Waals surface area (Å²) >= 11 is 0. The normalized spacial score (nSPS) is 11.9. The second-order valence-electron chi connectivity index (χ2n) is 2.33. The zero-order chi connectivity index (χ0) is 9.56. The van der Waals surface area contributed by atoms with E-state index in [1.165, 1.54) is 7.11 Å². The second kappa shape index (κ2) is 5.54. The van der Waals surface area contributed by atoms with E-state index in [0.717, 1.165) is 0 Å². The summed E-state index contributed by atoms with van der Waals surface area (Å²) in [6.45, 7) is 1.77. The average molecular weight is 174 g/mol. The number of hydrogen-bond acceptors (Lipinski definition) is 4. The van der Waals surface area contributed by atoms with E-state index in [4.69, 9.17) is 0 Å². The maximum absolute atomic E-state index is 10.9. The first-order valence-electron chi connectivity index (χ1n) is 3.63. The fraction of sp³-hybridized carbons (Fsp3) is 0.714. The molecule has 0 spiro atoms. The predicted octanol–water partition coefficient (Wildman–Crippen LogP) is -0.769. The van der Waals surface area contributed by atoms with Gasteiger partial charge in [0.1, 0.15) is 6.42 Å². The summed E-state index contributed by atoms with van der Waals surface area (Å²) < 4.78 is 4.32. The highest BCUT2D eigenvalue weighted by molar-refractivity contribution is 5.94. The van der Waals surface area contributed by atoms with Gasteiger partial charge in [0.2, 0.25) is 5.91 Å². The minimum atomic E-state index is -0.532. The number of methoxy groups -OCH3 is 1. The molecule has 2 N–H and O–H groups in total. The average Bonchev–Trinajstić information content (AvgIpc) is 2.03. The van der Waals surface area contributed by atoms with Crippen LogP contribution in [0.3, 0.4) is 0 Å². The second-order valence-corrected chi connectivity index (χ2v) is 2.33. The Kier molecular flexibility index (Phi) is 5.03. The van der Waals surface area contributed by atoms with Crippen molar-refractivity contribution in [3.63, 3.8) is 0 Å². The highest BCUT2D eigenvalue weighted by Gasteiger charge is 2.10. The van der Waals surface area contributed by atoms with Gasteiger partial charge in [-0.05, 0) is 14.0 Å². The lowest BCUT2D eigenvalue weighted by molar-refractivity contribution is -0.143. The molecule has 5 heteroatoms. The van der Waals surface area contributed by atoms with Crippen molar-refractivity contribution in [3.05, 3.63) is 0 Å². The van der Waals surface area contributed by atoms with Gasteiger partial charge in [-0.25, -0.2) is 0 Å². The molecule has 12 heavy (non-hydrogen) atoms. The number of carbonyl (C=O) groups excluding carboxylic acids is 2. The Bertz CT molecular complexity index is 170. The molecule has 5 nitrogen and oxygen atoms in total. The summed E-state index contributed by atoms with van der Waals surface area (Å²) in [5.41, 5.74) is 0. The Labute approximate surface area is 71.5 Å². The maximum Gasteiger partial charge on any atom is 0.315 e. The fourth-order valence-electron chi connectivity index (χ4n) is 0.568. The van der Waals surface area contributed by atoms with Crippen LogP contribution in [0.1, 0.15) is 13.3 Å². The van der Waals surface area contributed by atoms with Crippen LogP contribution < -0.4 is 10.6 Å². The molecule has 0 aromatic heterocycles. The maximum atomic E-state index is 10.9. The van der Waals surface area contributed by atoms with Gasteiger partial charge in [0.05, 0.1) is 13.3 Å². The molecule has 0 aliphatic heterocycles. The Balaban J connectivity index is 3.66. The summed E-state index contributed by atoms with van der Waals surface area (Å²) in [6.07, 6.45) is -0.371. The third-order valence-electron chi connectivity index (χ3n) is 1.34. The summed E-state index contributed by atoms with van der Waals surface area (Å²) in [4.78, 5) is 21.5. The van der Waals surface area contributed by atoms with Gasteiger partial charge in [-0.3, -0.25) is 9.59 Å². The molecule has 1 amide bonds. The molecule has 0 aromatic rings. The van der Waals surface area contributed by atoms with Gasteiger partial charge in [-0.15, -0.1) is 0 Å². The quantitative estimate of drug-likeness (QED) is 0.334. The van der Waals surface area contributed by atoms with Crippen molar-refractivity contribution in [2.45, 2.75) is 19.5 Å². The van der Waals surface area contributed by atoms with Gasteiger partial charge in [-0.1, -0.05) is 0 Å². The third-order valence-corrected chi connectivity index (χ3v) is 1.34. The number of amides is 1. The highest BCUT2D eigenvalue weighted by atomic mass is 16.5. The van der Waals surface area contributed by atoms with Crippen LogP contribution in [0.2, 0.25) is 0 Å². The zero-order valence-corrected chi connectivity index (χ0v) is 7.51. The van der Waals surface area contributed by atoms with Crippen LogP contribution in [0.5, 0.6) is 0 Å².